The molecule has 2 aromatic rings. The van der Waals surface area contributed by atoms with Gasteiger partial charge in [-0.15, -0.1) is 0 Å². The maximum absolute atomic E-state index is 5.80. The molecule has 1 atom stereocenters. The molecule has 0 aromatic carbocycles. The van der Waals surface area contributed by atoms with E-state index in [-0.39, 0.29) is 6.04 Å². The number of rotatable bonds is 3. The zero-order chi connectivity index (χ0) is 11.7. The Labute approximate surface area is 95.1 Å². The number of furan rings is 1. The van der Waals surface area contributed by atoms with Gasteiger partial charge >= 0.3 is 0 Å². The Morgan fingerprint density at radius 2 is 2.12 bits per heavy atom. The van der Waals surface area contributed by atoms with Gasteiger partial charge < -0.3 is 10.2 Å². The Bertz CT molecular complexity index is 484. The van der Waals surface area contributed by atoms with Crippen molar-refractivity contribution >= 4 is 0 Å². The fourth-order valence-corrected chi connectivity index (χ4v) is 1.93. The van der Waals surface area contributed by atoms with Crippen molar-refractivity contribution in [1.29, 1.82) is 0 Å². The van der Waals surface area contributed by atoms with Crippen LogP contribution in [0, 0.1) is 20.8 Å². The van der Waals surface area contributed by atoms with Crippen LogP contribution in [0.4, 0.5) is 0 Å². The number of nitrogens with two attached hydrogens (primary N) is 1. The molecule has 86 valence electrons. The molecule has 0 aliphatic carbocycles. The zero-order valence-electron chi connectivity index (χ0n) is 9.90. The molecule has 0 aliphatic rings. The molecule has 4 nitrogen and oxygen atoms in total. The lowest BCUT2D eigenvalue weighted by molar-refractivity contribution is 0.393. The van der Waals surface area contributed by atoms with E-state index in [9.17, 15) is 0 Å². The normalized spacial score (nSPS) is 13.0. The lowest BCUT2D eigenvalue weighted by atomic mass is 10.2. The molecule has 4 heteroatoms. The van der Waals surface area contributed by atoms with Crippen LogP contribution >= 0.6 is 0 Å². The van der Waals surface area contributed by atoms with Crippen LogP contribution in [0.5, 0.6) is 0 Å². The highest BCUT2D eigenvalue weighted by molar-refractivity contribution is 5.15. The third-order valence-corrected chi connectivity index (χ3v) is 2.65. The van der Waals surface area contributed by atoms with Crippen molar-refractivity contribution in [2.75, 3.05) is 6.54 Å². The minimum Gasteiger partial charge on any atom is -0.464 e. The Balaban J connectivity index is 2.40. The van der Waals surface area contributed by atoms with Gasteiger partial charge in [-0.05, 0) is 39.0 Å². The molecule has 0 fully saturated rings. The number of hydrogen-bond acceptors (Lipinski definition) is 3. The summed E-state index contributed by atoms with van der Waals surface area (Å²) in [5.74, 6) is 1.76. The van der Waals surface area contributed by atoms with Crippen molar-refractivity contribution in [3.8, 4) is 0 Å². The molecule has 2 N–H and O–H groups in total. The average molecular weight is 219 g/mol. The van der Waals surface area contributed by atoms with Gasteiger partial charge in [0.2, 0.25) is 0 Å². The monoisotopic (exact) mass is 219 g/mol. The van der Waals surface area contributed by atoms with E-state index in [0.717, 1.165) is 22.9 Å². The molecule has 0 aliphatic heterocycles. The highest BCUT2D eigenvalue weighted by Gasteiger charge is 2.18. The highest BCUT2D eigenvalue weighted by atomic mass is 16.3. The van der Waals surface area contributed by atoms with E-state index in [4.69, 9.17) is 10.2 Å². The van der Waals surface area contributed by atoms with Gasteiger partial charge in [0.05, 0.1) is 5.69 Å². The largest absolute Gasteiger partial charge is 0.464 e. The maximum Gasteiger partial charge on any atom is 0.130 e. The second kappa shape index (κ2) is 4.14. The maximum atomic E-state index is 5.80. The van der Waals surface area contributed by atoms with Crippen molar-refractivity contribution in [1.82, 2.24) is 9.78 Å². The van der Waals surface area contributed by atoms with Crippen molar-refractivity contribution in [3.05, 3.63) is 41.1 Å². The number of nitrogens with zero attached hydrogens (tertiary/aromatic N) is 2. The molecule has 1 unspecified atom stereocenters. The number of hydrogen-bond donors (Lipinski definition) is 1. The molecule has 0 amide bonds. The summed E-state index contributed by atoms with van der Waals surface area (Å²) >= 11 is 0. The van der Waals surface area contributed by atoms with E-state index < -0.39 is 0 Å². The van der Waals surface area contributed by atoms with Gasteiger partial charge in [0.25, 0.3) is 0 Å². The molecule has 0 saturated heterocycles. The first-order valence-corrected chi connectivity index (χ1v) is 5.41. The van der Waals surface area contributed by atoms with Crippen LogP contribution in [0.3, 0.4) is 0 Å². The SMILES string of the molecule is Cc1cc(C)n(C(CN)c2ccc(C)o2)n1. The summed E-state index contributed by atoms with van der Waals surface area (Å²) in [4.78, 5) is 0. The van der Waals surface area contributed by atoms with Gasteiger partial charge in [-0.3, -0.25) is 4.68 Å². The molecule has 16 heavy (non-hydrogen) atoms. The van der Waals surface area contributed by atoms with Crippen molar-refractivity contribution in [3.63, 3.8) is 0 Å². The zero-order valence-corrected chi connectivity index (χ0v) is 9.90. The van der Waals surface area contributed by atoms with E-state index in [0.29, 0.717) is 6.54 Å². The van der Waals surface area contributed by atoms with E-state index in [1.54, 1.807) is 0 Å². The summed E-state index contributed by atoms with van der Waals surface area (Å²) in [5.41, 5.74) is 7.90. The van der Waals surface area contributed by atoms with Gasteiger partial charge in [-0.25, -0.2) is 0 Å². The summed E-state index contributed by atoms with van der Waals surface area (Å²) in [5, 5.41) is 4.44. The highest BCUT2D eigenvalue weighted by Crippen LogP contribution is 2.21. The number of aryl methyl sites for hydroxylation is 3. The van der Waals surface area contributed by atoms with Gasteiger partial charge in [0, 0.05) is 12.2 Å². The first-order chi connectivity index (χ1) is 7.61. The Morgan fingerprint density at radius 1 is 1.38 bits per heavy atom. The average Bonchev–Trinajstić information content (AvgIpc) is 2.76. The lowest BCUT2D eigenvalue weighted by Gasteiger charge is -2.14. The molecule has 2 rings (SSSR count). The van der Waals surface area contributed by atoms with E-state index in [2.05, 4.69) is 5.10 Å². The van der Waals surface area contributed by atoms with E-state index >= 15 is 0 Å². The van der Waals surface area contributed by atoms with Crippen LogP contribution in [0.25, 0.3) is 0 Å². The summed E-state index contributed by atoms with van der Waals surface area (Å²) in [6, 6.07) is 5.94. The first kappa shape index (κ1) is 11.0. The standard InChI is InChI=1S/C12H17N3O/c1-8-6-9(2)15(14-8)11(7-13)12-5-4-10(3)16-12/h4-6,11H,7,13H2,1-3H3. The number of aromatic nitrogens is 2. The second-order valence-corrected chi connectivity index (χ2v) is 4.07. The van der Waals surface area contributed by atoms with Gasteiger partial charge in [-0.2, -0.15) is 5.10 Å². The van der Waals surface area contributed by atoms with Crippen LogP contribution < -0.4 is 5.73 Å². The minimum atomic E-state index is -0.0117. The quantitative estimate of drug-likeness (QED) is 0.858. The van der Waals surface area contributed by atoms with E-state index in [1.807, 2.05) is 43.7 Å². The summed E-state index contributed by atoms with van der Waals surface area (Å²) in [6.45, 7) is 6.41. The molecule has 2 heterocycles. The summed E-state index contributed by atoms with van der Waals surface area (Å²) in [7, 11) is 0. The molecular formula is C12H17N3O. The Hall–Kier alpha value is -1.55. The van der Waals surface area contributed by atoms with Gasteiger partial charge in [0.15, 0.2) is 0 Å². The Morgan fingerprint density at radius 3 is 2.56 bits per heavy atom. The van der Waals surface area contributed by atoms with Crippen molar-refractivity contribution in [2.45, 2.75) is 26.8 Å². The predicted octanol–water partition coefficient (Wildman–Crippen LogP) is 1.95. The first-order valence-electron chi connectivity index (χ1n) is 5.41. The third-order valence-electron chi connectivity index (χ3n) is 2.65. The van der Waals surface area contributed by atoms with Crippen molar-refractivity contribution < 1.29 is 4.42 Å². The second-order valence-electron chi connectivity index (χ2n) is 4.07. The smallest absolute Gasteiger partial charge is 0.130 e. The van der Waals surface area contributed by atoms with Gasteiger partial charge in [0.1, 0.15) is 17.6 Å². The lowest BCUT2D eigenvalue weighted by Crippen LogP contribution is -2.22. The van der Waals surface area contributed by atoms with Crippen LogP contribution in [0.2, 0.25) is 0 Å². The fraction of sp³-hybridized carbons (Fsp3) is 0.417. The van der Waals surface area contributed by atoms with E-state index in [1.165, 1.54) is 0 Å². The third kappa shape index (κ3) is 1.88. The Kier molecular flexibility index (Phi) is 2.83. The molecule has 2 aromatic heterocycles. The molecule has 0 bridgehead atoms. The molecular weight excluding hydrogens is 202 g/mol. The minimum absolute atomic E-state index is 0.0117. The molecule has 0 saturated carbocycles. The van der Waals surface area contributed by atoms with Crippen molar-refractivity contribution in [2.24, 2.45) is 5.73 Å². The van der Waals surface area contributed by atoms with Crippen LogP contribution in [0.1, 0.15) is 29.0 Å². The van der Waals surface area contributed by atoms with Crippen LogP contribution in [-0.4, -0.2) is 16.3 Å². The van der Waals surface area contributed by atoms with Crippen LogP contribution in [0.15, 0.2) is 22.6 Å². The molecule has 0 radical (unpaired) electrons. The fourth-order valence-electron chi connectivity index (χ4n) is 1.93. The summed E-state index contributed by atoms with van der Waals surface area (Å²) in [6.07, 6.45) is 0. The molecule has 0 spiro atoms. The van der Waals surface area contributed by atoms with Crippen LogP contribution in [-0.2, 0) is 0 Å². The predicted molar refractivity (Wildman–Crippen MR) is 62.3 cm³/mol. The van der Waals surface area contributed by atoms with Gasteiger partial charge in [-0.1, -0.05) is 0 Å². The summed E-state index contributed by atoms with van der Waals surface area (Å²) < 4.78 is 7.54. The topological polar surface area (TPSA) is 57.0 Å².